The summed E-state index contributed by atoms with van der Waals surface area (Å²) in [5.41, 5.74) is -1.10. The normalized spacial score (nSPS) is 15.1. The van der Waals surface area contributed by atoms with Gasteiger partial charge in [-0.05, 0) is 65.2 Å². The Bertz CT molecular complexity index is 2180. The third-order valence-electron chi connectivity index (χ3n) is 7.29. The van der Waals surface area contributed by atoms with Crippen molar-refractivity contribution < 1.29 is 27.4 Å². The first-order valence-electron chi connectivity index (χ1n) is 14.0. The number of allylic oxidation sites excluding steroid dienone is 1. The van der Waals surface area contributed by atoms with E-state index in [4.69, 9.17) is 21.1 Å². The molecule has 0 aliphatic carbocycles. The van der Waals surface area contributed by atoms with Crippen molar-refractivity contribution in [3.05, 3.63) is 142 Å². The Morgan fingerprint density at radius 2 is 1.76 bits per heavy atom. The summed E-state index contributed by atoms with van der Waals surface area (Å²) in [6.07, 6.45) is -3.41. The number of nitrogens with zero attached hydrogens (tertiary/aromatic N) is 2. The van der Waals surface area contributed by atoms with Gasteiger partial charge in [-0.25, -0.2) is 9.79 Å². The van der Waals surface area contributed by atoms with Gasteiger partial charge in [0.2, 0.25) is 0 Å². The van der Waals surface area contributed by atoms with Gasteiger partial charge in [-0.15, -0.1) is 0 Å². The number of aromatic nitrogens is 1. The molecule has 0 spiro atoms. The van der Waals surface area contributed by atoms with E-state index < -0.39 is 35.0 Å². The molecule has 0 N–H and O–H groups in total. The van der Waals surface area contributed by atoms with Gasteiger partial charge in [0.1, 0.15) is 12.4 Å². The molecule has 0 saturated carbocycles. The van der Waals surface area contributed by atoms with E-state index in [2.05, 4.69) is 20.9 Å². The maximum Gasteiger partial charge on any atom is 0.434 e. The lowest BCUT2D eigenvalue weighted by molar-refractivity contribution is -0.140. The molecule has 0 fully saturated rings. The summed E-state index contributed by atoms with van der Waals surface area (Å²) in [6.45, 7) is 1.55. The molecule has 46 heavy (non-hydrogen) atoms. The van der Waals surface area contributed by atoms with E-state index in [1.807, 2.05) is 54.6 Å². The molecule has 6 nitrogen and oxygen atoms in total. The van der Waals surface area contributed by atoms with Gasteiger partial charge in [-0.3, -0.25) is 9.36 Å². The summed E-state index contributed by atoms with van der Waals surface area (Å²) in [6, 6.07) is 23.3. The molecule has 234 valence electrons. The predicted molar refractivity (Wildman–Crippen MR) is 175 cm³/mol. The lowest BCUT2D eigenvalue weighted by Crippen LogP contribution is -2.41. The number of hydrogen-bond donors (Lipinski definition) is 0. The van der Waals surface area contributed by atoms with Crippen LogP contribution in [0.3, 0.4) is 0 Å². The van der Waals surface area contributed by atoms with Crippen molar-refractivity contribution in [2.75, 3.05) is 6.61 Å². The third-order valence-corrected chi connectivity index (χ3v) is 9.06. The molecule has 1 aliphatic heterocycles. The zero-order chi connectivity index (χ0) is 32.6. The molecule has 5 aromatic rings. The van der Waals surface area contributed by atoms with Gasteiger partial charge < -0.3 is 9.47 Å². The molecule has 6 rings (SSSR count). The Labute approximate surface area is 277 Å². The van der Waals surface area contributed by atoms with Crippen LogP contribution in [0.4, 0.5) is 13.2 Å². The summed E-state index contributed by atoms with van der Waals surface area (Å²) in [5.74, 6) is -0.740. The number of halogens is 5. The number of hydrogen-bond acceptors (Lipinski definition) is 6. The highest BCUT2D eigenvalue weighted by molar-refractivity contribution is 9.10. The van der Waals surface area contributed by atoms with Crippen molar-refractivity contribution in [2.24, 2.45) is 4.99 Å². The van der Waals surface area contributed by atoms with Crippen LogP contribution in [-0.2, 0) is 16.1 Å². The second kappa shape index (κ2) is 12.9. The maximum atomic E-state index is 14.5. The second-order valence-corrected chi connectivity index (χ2v) is 12.6. The number of fused-ring (bicyclic) bond motifs is 2. The van der Waals surface area contributed by atoms with Gasteiger partial charge in [-0.2, -0.15) is 13.2 Å². The molecule has 1 aromatic heterocycles. The highest BCUT2D eigenvalue weighted by Crippen LogP contribution is 2.38. The molecule has 1 atom stereocenters. The van der Waals surface area contributed by atoms with Crippen LogP contribution in [-0.4, -0.2) is 23.3 Å². The number of thiazole rings is 1. The van der Waals surface area contributed by atoms with Crippen molar-refractivity contribution in [1.82, 2.24) is 4.57 Å². The minimum atomic E-state index is -5.01. The van der Waals surface area contributed by atoms with Crippen LogP contribution in [0.5, 0.6) is 5.75 Å². The number of carbonyl (C=O) groups excluding carboxylic acids is 1. The van der Waals surface area contributed by atoms with Gasteiger partial charge in [0.25, 0.3) is 5.56 Å². The smallest absolute Gasteiger partial charge is 0.434 e. The summed E-state index contributed by atoms with van der Waals surface area (Å²) < 4.78 is 56.8. The quantitative estimate of drug-likeness (QED) is 0.163. The van der Waals surface area contributed by atoms with Crippen molar-refractivity contribution >= 4 is 61.7 Å². The minimum absolute atomic E-state index is 0.106. The summed E-state index contributed by atoms with van der Waals surface area (Å²) in [4.78, 5) is 30.9. The third kappa shape index (κ3) is 6.27. The lowest BCUT2D eigenvalue weighted by atomic mass is 9.95. The van der Waals surface area contributed by atoms with Crippen molar-refractivity contribution in [3.63, 3.8) is 0 Å². The molecule has 12 heteroatoms. The fraction of sp³-hybridized carbons (Fsp3) is 0.147. The topological polar surface area (TPSA) is 69.9 Å². The molecule has 4 aromatic carbocycles. The maximum absolute atomic E-state index is 14.5. The molecule has 0 amide bonds. The monoisotopic (exact) mass is 726 g/mol. The first-order valence-corrected chi connectivity index (χ1v) is 16.0. The van der Waals surface area contributed by atoms with Crippen LogP contribution < -0.4 is 19.6 Å². The average Bonchev–Trinajstić information content (AvgIpc) is 3.35. The number of alkyl halides is 3. The van der Waals surface area contributed by atoms with Crippen LogP contribution >= 0.6 is 38.9 Å². The van der Waals surface area contributed by atoms with Crippen LogP contribution in [0.2, 0.25) is 5.02 Å². The number of ether oxygens (including phenoxy) is 2. The molecular weight excluding hydrogens is 705 g/mol. The molecule has 2 heterocycles. The number of carbonyl (C=O) groups is 1. The standard InChI is InChI=1S/C34H23BrClF3N2O4S/c1-2-44-32(43)28-29(21-9-14-23(36)15-10-21)41-31(42)27(46-33(41)40-30(28)34(37,38)39)17-25-24-6-4-3-5-20(24)11-16-26(25)45-18-19-7-12-22(35)13-8-19/h3-17,29H,2,18H2,1H3/b27-17-/t29-/m1/s1. The highest BCUT2D eigenvalue weighted by Gasteiger charge is 2.45. The Balaban J connectivity index is 1.57. The molecule has 0 saturated heterocycles. The van der Waals surface area contributed by atoms with Crippen LogP contribution in [0.15, 0.2) is 110 Å². The Morgan fingerprint density at radius 1 is 1.04 bits per heavy atom. The van der Waals surface area contributed by atoms with E-state index in [1.54, 1.807) is 12.1 Å². The van der Waals surface area contributed by atoms with Crippen LogP contribution in [0.1, 0.15) is 29.7 Å². The number of rotatable bonds is 7. The molecule has 1 aliphatic rings. The van der Waals surface area contributed by atoms with E-state index in [1.165, 1.54) is 31.2 Å². The molecular formula is C34H23BrClF3N2O4S. The highest BCUT2D eigenvalue weighted by atomic mass is 79.9. The Morgan fingerprint density at radius 3 is 2.46 bits per heavy atom. The van der Waals surface area contributed by atoms with E-state index in [-0.39, 0.29) is 28.1 Å². The van der Waals surface area contributed by atoms with E-state index >= 15 is 0 Å². The summed E-state index contributed by atoms with van der Waals surface area (Å²) in [7, 11) is 0. The fourth-order valence-electron chi connectivity index (χ4n) is 5.22. The van der Waals surface area contributed by atoms with Gasteiger partial charge in [0, 0.05) is 15.1 Å². The van der Waals surface area contributed by atoms with Crippen LogP contribution in [0.25, 0.3) is 16.8 Å². The van der Waals surface area contributed by atoms with Crippen LogP contribution in [0, 0.1) is 0 Å². The fourth-order valence-corrected chi connectivity index (χ4v) is 6.60. The first-order chi connectivity index (χ1) is 22.0. The van der Waals surface area contributed by atoms with E-state index in [0.29, 0.717) is 16.3 Å². The molecule has 0 radical (unpaired) electrons. The second-order valence-electron chi connectivity index (χ2n) is 10.2. The van der Waals surface area contributed by atoms with Gasteiger partial charge in [0.15, 0.2) is 10.5 Å². The van der Waals surface area contributed by atoms with E-state index in [0.717, 1.165) is 36.7 Å². The van der Waals surface area contributed by atoms with Crippen molar-refractivity contribution in [1.29, 1.82) is 0 Å². The van der Waals surface area contributed by atoms with Crippen molar-refractivity contribution in [2.45, 2.75) is 25.7 Å². The zero-order valence-electron chi connectivity index (χ0n) is 24.0. The Kier molecular flexibility index (Phi) is 8.91. The Hall–Kier alpha value is -4.19. The summed E-state index contributed by atoms with van der Waals surface area (Å²) in [5, 5.41) is 1.99. The zero-order valence-corrected chi connectivity index (χ0v) is 27.1. The average molecular weight is 728 g/mol. The SMILES string of the molecule is CCOC(=O)C1=C(C(F)(F)F)N=c2s/c(=C\c3c(OCc4ccc(Br)cc4)ccc4ccccc34)c(=O)n2[C@@H]1c1ccc(Cl)cc1. The molecule has 0 unspecified atom stereocenters. The van der Waals surface area contributed by atoms with Gasteiger partial charge >= 0.3 is 12.1 Å². The predicted octanol–water partition coefficient (Wildman–Crippen LogP) is 7.49. The molecule has 0 bridgehead atoms. The van der Waals surface area contributed by atoms with Gasteiger partial charge in [-0.1, -0.05) is 93.5 Å². The first kappa shape index (κ1) is 31.8. The number of esters is 1. The minimum Gasteiger partial charge on any atom is -0.488 e. The lowest BCUT2D eigenvalue weighted by Gasteiger charge is -2.26. The summed E-state index contributed by atoms with van der Waals surface area (Å²) >= 11 is 10.3. The van der Waals surface area contributed by atoms with E-state index in [9.17, 15) is 22.8 Å². The number of benzene rings is 4. The van der Waals surface area contributed by atoms with Crippen molar-refractivity contribution in [3.8, 4) is 5.75 Å². The largest absolute Gasteiger partial charge is 0.488 e. The van der Waals surface area contributed by atoms with Gasteiger partial charge in [0.05, 0.1) is 22.8 Å².